The number of rotatable bonds is 71. The molecular formula is C76H147NO5. The molecular weight excluding hydrogens is 1010 g/mol. The number of aliphatic hydroxyl groups excluding tert-OH is 2. The minimum Gasteiger partial charge on any atom is -0.466 e. The molecule has 6 heteroatoms. The predicted molar refractivity (Wildman–Crippen MR) is 361 cm³/mol. The Morgan fingerprint density at radius 3 is 0.927 bits per heavy atom. The highest BCUT2D eigenvalue weighted by Crippen LogP contribution is 2.19. The van der Waals surface area contributed by atoms with Crippen molar-refractivity contribution >= 4 is 11.9 Å². The summed E-state index contributed by atoms with van der Waals surface area (Å²) in [5.41, 5.74) is 0. The van der Waals surface area contributed by atoms with Gasteiger partial charge in [0.1, 0.15) is 0 Å². The van der Waals surface area contributed by atoms with Gasteiger partial charge in [0.2, 0.25) is 5.91 Å². The Hall–Kier alpha value is -1.66. The lowest BCUT2D eigenvalue weighted by atomic mass is 10.0. The van der Waals surface area contributed by atoms with Crippen LogP contribution in [0.5, 0.6) is 0 Å². The van der Waals surface area contributed by atoms with Crippen LogP contribution in [0.25, 0.3) is 0 Å². The van der Waals surface area contributed by atoms with E-state index in [1.165, 1.54) is 347 Å². The molecule has 0 aromatic carbocycles. The van der Waals surface area contributed by atoms with Gasteiger partial charge in [0.25, 0.3) is 0 Å². The molecule has 0 aliphatic rings. The first-order valence-corrected chi connectivity index (χ1v) is 37.6. The van der Waals surface area contributed by atoms with Gasteiger partial charge >= 0.3 is 5.97 Å². The lowest BCUT2D eigenvalue weighted by Crippen LogP contribution is -2.45. The molecule has 82 heavy (non-hydrogen) atoms. The molecule has 2 atom stereocenters. The highest BCUT2D eigenvalue weighted by Gasteiger charge is 2.20. The Bertz CT molecular complexity index is 1280. The average molecular weight is 1160 g/mol. The molecule has 0 aliphatic heterocycles. The topological polar surface area (TPSA) is 95.9 Å². The van der Waals surface area contributed by atoms with E-state index in [4.69, 9.17) is 4.74 Å². The second-order valence-corrected chi connectivity index (χ2v) is 26.0. The molecule has 0 aliphatic carbocycles. The molecule has 0 spiro atoms. The van der Waals surface area contributed by atoms with E-state index in [0.717, 1.165) is 44.9 Å². The molecule has 2 unspecified atom stereocenters. The van der Waals surface area contributed by atoms with Crippen molar-refractivity contribution < 1.29 is 24.5 Å². The zero-order chi connectivity index (χ0) is 59.2. The first kappa shape index (κ1) is 80.3. The summed E-state index contributed by atoms with van der Waals surface area (Å²) in [6, 6.07) is -0.542. The van der Waals surface area contributed by atoms with Crippen LogP contribution in [0.3, 0.4) is 0 Å². The third kappa shape index (κ3) is 67.5. The van der Waals surface area contributed by atoms with Crippen LogP contribution in [0.2, 0.25) is 0 Å². The molecule has 486 valence electrons. The van der Waals surface area contributed by atoms with E-state index in [1.54, 1.807) is 0 Å². The number of hydrogen-bond donors (Lipinski definition) is 3. The van der Waals surface area contributed by atoms with Crippen LogP contribution in [0.1, 0.15) is 425 Å². The number of esters is 1. The second kappa shape index (κ2) is 71.8. The van der Waals surface area contributed by atoms with Gasteiger partial charge in [-0.1, -0.05) is 378 Å². The number of unbranched alkanes of at least 4 members (excludes halogenated alkanes) is 56. The molecule has 0 heterocycles. The van der Waals surface area contributed by atoms with Crippen LogP contribution in [0.4, 0.5) is 0 Å². The maximum atomic E-state index is 12.5. The summed E-state index contributed by atoms with van der Waals surface area (Å²) in [4.78, 5) is 24.6. The maximum Gasteiger partial charge on any atom is 0.305 e. The Morgan fingerprint density at radius 2 is 0.610 bits per heavy atom. The molecule has 0 saturated carbocycles. The highest BCUT2D eigenvalue weighted by molar-refractivity contribution is 5.76. The Morgan fingerprint density at radius 1 is 0.341 bits per heavy atom. The molecule has 0 fully saturated rings. The normalized spacial score (nSPS) is 12.6. The van der Waals surface area contributed by atoms with Crippen LogP contribution in [0, 0.1) is 0 Å². The van der Waals surface area contributed by atoms with Gasteiger partial charge in [-0.15, -0.1) is 0 Å². The Kier molecular flexibility index (Phi) is 70.4. The van der Waals surface area contributed by atoms with E-state index in [2.05, 4.69) is 43.5 Å². The van der Waals surface area contributed by atoms with Crippen molar-refractivity contribution in [3.8, 4) is 0 Å². The van der Waals surface area contributed by atoms with Gasteiger partial charge < -0.3 is 20.3 Å². The summed E-state index contributed by atoms with van der Waals surface area (Å²) in [6.45, 7) is 5.00. The number of hydrogen-bond acceptors (Lipinski definition) is 5. The molecule has 0 rings (SSSR count). The molecule has 3 N–H and O–H groups in total. The van der Waals surface area contributed by atoms with Crippen molar-refractivity contribution in [1.29, 1.82) is 0 Å². The molecule has 0 bridgehead atoms. The van der Waals surface area contributed by atoms with Crippen LogP contribution in [-0.2, 0) is 14.3 Å². The molecule has 0 radical (unpaired) electrons. The molecule has 0 saturated heterocycles. The summed E-state index contributed by atoms with van der Waals surface area (Å²) in [5, 5.41) is 23.4. The van der Waals surface area contributed by atoms with E-state index >= 15 is 0 Å². The largest absolute Gasteiger partial charge is 0.466 e. The molecule has 0 aromatic rings. The lowest BCUT2D eigenvalue weighted by molar-refractivity contribution is -0.143. The van der Waals surface area contributed by atoms with Crippen molar-refractivity contribution in [2.24, 2.45) is 0 Å². The van der Waals surface area contributed by atoms with Crippen molar-refractivity contribution in [2.45, 2.75) is 437 Å². The number of ether oxygens (including phenoxy) is 1. The van der Waals surface area contributed by atoms with E-state index < -0.39 is 12.1 Å². The quantitative estimate of drug-likeness (QED) is 0.0320. The van der Waals surface area contributed by atoms with Gasteiger partial charge in [-0.05, 0) is 57.8 Å². The van der Waals surface area contributed by atoms with Crippen LogP contribution >= 0.6 is 0 Å². The summed E-state index contributed by atoms with van der Waals surface area (Å²) in [6.07, 6.45) is 91.0. The number of carbonyl (C=O) groups excluding carboxylic acids is 2. The second-order valence-electron chi connectivity index (χ2n) is 26.0. The monoisotopic (exact) mass is 1150 g/mol. The summed E-state index contributed by atoms with van der Waals surface area (Å²) in [7, 11) is 0. The summed E-state index contributed by atoms with van der Waals surface area (Å²) in [5.74, 6) is -0.0129. The standard InChI is InChI=1S/C76H147NO5/c1-3-5-7-9-11-13-15-17-19-20-34-37-41-44-48-52-56-60-64-68-74(79)73(72-78)77-75(80)69-65-61-57-53-49-45-42-38-35-32-30-28-26-24-22-21-23-25-27-29-31-33-36-39-43-47-51-55-59-63-67-71-82-76(81)70-66-62-58-54-50-46-40-18-16-14-12-10-8-6-4-2/h23,25,29,31,73-74,78-79H,3-22,24,26-28,30,32-72H2,1-2H3,(H,77,80)/b25-23-,31-29-. The Balaban J connectivity index is 3.38. The highest BCUT2D eigenvalue weighted by atomic mass is 16.5. The van der Waals surface area contributed by atoms with Crippen molar-refractivity contribution in [1.82, 2.24) is 5.32 Å². The first-order chi connectivity index (χ1) is 40.5. The molecule has 0 aromatic heterocycles. The fourth-order valence-corrected chi connectivity index (χ4v) is 12.0. The fourth-order valence-electron chi connectivity index (χ4n) is 12.0. The number of nitrogens with one attached hydrogen (secondary N) is 1. The summed E-state index contributed by atoms with van der Waals surface area (Å²) >= 11 is 0. The zero-order valence-corrected chi connectivity index (χ0v) is 55.8. The number of aliphatic hydroxyl groups is 2. The first-order valence-electron chi connectivity index (χ1n) is 37.6. The van der Waals surface area contributed by atoms with Gasteiger partial charge in [-0.3, -0.25) is 9.59 Å². The van der Waals surface area contributed by atoms with Gasteiger partial charge in [0, 0.05) is 12.8 Å². The fraction of sp³-hybridized carbons (Fsp3) is 0.921. The maximum absolute atomic E-state index is 12.5. The minimum atomic E-state index is -0.664. The van der Waals surface area contributed by atoms with Gasteiger partial charge in [-0.25, -0.2) is 0 Å². The van der Waals surface area contributed by atoms with E-state index in [9.17, 15) is 19.8 Å². The zero-order valence-electron chi connectivity index (χ0n) is 55.8. The van der Waals surface area contributed by atoms with Crippen LogP contribution in [0.15, 0.2) is 24.3 Å². The molecule has 6 nitrogen and oxygen atoms in total. The summed E-state index contributed by atoms with van der Waals surface area (Å²) < 4.78 is 5.50. The van der Waals surface area contributed by atoms with Gasteiger partial charge in [-0.2, -0.15) is 0 Å². The van der Waals surface area contributed by atoms with E-state index in [-0.39, 0.29) is 18.5 Å². The van der Waals surface area contributed by atoms with Gasteiger partial charge in [0.05, 0.1) is 25.4 Å². The predicted octanol–water partition coefficient (Wildman–Crippen LogP) is 24.5. The van der Waals surface area contributed by atoms with E-state index in [0.29, 0.717) is 25.9 Å². The third-order valence-corrected chi connectivity index (χ3v) is 17.8. The van der Waals surface area contributed by atoms with Gasteiger partial charge in [0.15, 0.2) is 0 Å². The smallest absolute Gasteiger partial charge is 0.305 e. The number of amides is 1. The van der Waals surface area contributed by atoms with Crippen molar-refractivity contribution in [3.05, 3.63) is 24.3 Å². The minimum absolute atomic E-state index is 0.0170. The number of allylic oxidation sites excluding steroid dienone is 4. The van der Waals surface area contributed by atoms with E-state index in [1.807, 2.05) is 0 Å². The number of carbonyl (C=O) groups is 2. The Labute approximate surface area is 513 Å². The van der Waals surface area contributed by atoms with Crippen LogP contribution < -0.4 is 5.32 Å². The third-order valence-electron chi connectivity index (χ3n) is 17.8. The van der Waals surface area contributed by atoms with Crippen LogP contribution in [-0.4, -0.2) is 47.4 Å². The van der Waals surface area contributed by atoms with Crippen molar-refractivity contribution in [3.63, 3.8) is 0 Å². The SMILES string of the molecule is CCCCCCCCCCCCCCCCCCCCCC(O)C(CO)NC(=O)CCCCCCCCCCCCCCCCC/C=C\C/C=C\CCCCCCCCCCCOC(=O)CCCCCCCCCCCCCCCCC. The van der Waals surface area contributed by atoms with Crippen molar-refractivity contribution in [2.75, 3.05) is 13.2 Å². The lowest BCUT2D eigenvalue weighted by Gasteiger charge is -2.22. The molecule has 1 amide bonds. The average Bonchev–Trinajstić information content (AvgIpc) is 3.48.